The van der Waals surface area contributed by atoms with Crippen molar-refractivity contribution < 1.29 is 4.79 Å². The molecule has 0 spiro atoms. The number of carbonyl (C=O) groups is 1. The van der Waals surface area contributed by atoms with E-state index in [0.29, 0.717) is 12.4 Å². The minimum atomic E-state index is 0.225. The molecule has 0 aromatic heterocycles. The van der Waals surface area contributed by atoms with Crippen molar-refractivity contribution in [1.82, 2.24) is 5.32 Å². The van der Waals surface area contributed by atoms with Crippen LogP contribution in [-0.2, 0) is 17.2 Å². The van der Waals surface area contributed by atoms with Gasteiger partial charge in [0.25, 0.3) is 0 Å². The van der Waals surface area contributed by atoms with Crippen molar-refractivity contribution in [2.45, 2.75) is 50.9 Å². The lowest BCUT2D eigenvalue weighted by Gasteiger charge is -2.14. The molecule has 2 nitrogen and oxygen atoms in total. The van der Waals surface area contributed by atoms with E-state index in [2.05, 4.69) is 5.32 Å². The van der Waals surface area contributed by atoms with Crippen LogP contribution in [0.25, 0.3) is 0 Å². The number of nitrogens with one attached hydrogen (secondary N) is 1. The molecule has 1 amide bonds. The number of alkyl halides is 1. The Hall–Kier alpha value is -1.02. The van der Waals surface area contributed by atoms with Gasteiger partial charge in [-0.25, -0.2) is 0 Å². The lowest BCUT2D eigenvalue weighted by molar-refractivity contribution is -0.125. The Kier molecular flexibility index (Phi) is 5.71. The molecule has 1 N–H and O–H groups in total. The summed E-state index contributed by atoms with van der Waals surface area (Å²) < 4.78 is 0. The highest BCUT2D eigenvalue weighted by molar-refractivity contribution is 6.17. The fourth-order valence-electron chi connectivity index (χ4n) is 2.62. The number of benzene rings is 1. The summed E-state index contributed by atoms with van der Waals surface area (Å²) in [5, 5.41) is 3.06. The number of halogens is 1. The molecule has 1 fully saturated rings. The van der Waals surface area contributed by atoms with E-state index in [4.69, 9.17) is 11.6 Å². The summed E-state index contributed by atoms with van der Waals surface area (Å²) in [6.07, 6.45) is 7.06. The monoisotopic (exact) mass is 279 g/mol. The highest BCUT2D eigenvalue weighted by Crippen LogP contribution is 2.22. The molecule has 1 aliphatic rings. The Labute approximate surface area is 120 Å². The SMILES string of the molecule is O=C(NCc1ccc(CCl)cc1)C1CCCCCC1. The van der Waals surface area contributed by atoms with Gasteiger partial charge in [-0.3, -0.25) is 4.79 Å². The third kappa shape index (κ3) is 4.54. The Balaban J connectivity index is 1.81. The fraction of sp³-hybridized carbons (Fsp3) is 0.562. The van der Waals surface area contributed by atoms with E-state index < -0.39 is 0 Å². The highest BCUT2D eigenvalue weighted by atomic mass is 35.5. The molecule has 0 heterocycles. The van der Waals surface area contributed by atoms with Crippen LogP contribution in [0, 0.1) is 5.92 Å². The molecule has 104 valence electrons. The van der Waals surface area contributed by atoms with Gasteiger partial charge in [-0.05, 0) is 24.0 Å². The van der Waals surface area contributed by atoms with Crippen LogP contribution in [0.2, 0.25) is 0 Å². The number of hydrogen-bond donors (Lipinski definition) is 1. The molecule has 1 aromatic rings. The average molecular weight is 280 g/mol. The highest BCUT2D eigenvalue weighted by Gasteiger charge is 2.19. The van der Waals surface area contributed by atoms with Crippen molar-refractivity contribution in [3.8, 4) is 0 Å². The van der Waals surface area contributed by atoms with Gasteiger partial charge in [-0.1, -0.05) is 49.9 Å². The van der Waals surface area contributed by atoms with Crippen LogP contribution < -0.4 is 5.32 Å². The second kappa shape index (κ2) is 7.54. The third-order valence-corrected chi connectivity index (χ3v) is 4.18. The minimum absolute atomic E-state index is 0.225. The summed E-state index contributed by atoms with van der Waals surface area (Å²) in [5.74, 6) is 0.988. The number of rotatable bonds is 4. The van der Waals surface area contributed by atoms with E-state index in [-0.39, 0.29) is 11.8 Å². The third-order valence-electron chi connectivity index (χ3n) is 3.87. The smallest absolute Gasteiger partial charge is 0.223 e. The first-order chi connectivity index (χ1) is 9.29. The molecule has 0 saturated heterocycles. The molecular formula is C16H22ClNO. The molecule has 0 bridgehead atoms. The van der Waals surface area contributed by atoms with Crippen LogP contribution in [-0.4, -0.2) is 5.91 Å². The molecule has 0 aliphatic heterocycles. The fourth-order valence-corrected chi connectivity index (χ4v) is 2.80. The normalized spacial score (nSPS) is 16.9. The van der Waals surface area contributed by atoms with Gasteiger partial charge in [-0.15, -0.1) is 11.6 Å². The van der Waals surface area contributed by atoms with Crippen molar-refractivity contribution >= 4 is 17.5 Å². The van der Waals surface area contributed by atoms with E-state index in [1.165, 1.54) is 25.7 Å². The first-order valence-corrected chi connectivity index (χ1v) is 7.74. The quantitative estimate of drug-likeness (QED) is 0.655. The standard InChI is InChI=1S/C16H22ClNO/c17-11-13-7-9-14(10-8-13)12-18-16(19)15-5-3-1-2-4-6-15/h7-10,15H,1-6,11-12H2,(H,18,19). The van der Waals surface area contributed by atoms with Crippen LogP contribution in [0.5, 0.6) is 0 Å². The van der Waals surface area contributed by atoms with Gasteiger partial charge in [0.2, 0.25) is 5.91 Å². The maximum absolute atomic E-state index is 12.1. The lowest BCUT2D eigenvalue weighted by atomic mass is 9.99. The van der Waals surface area contributed by atoms with E-state index in [1.807, 2.05) is 24.3 Å². The van der Waals surface area contributed by atoms with Crippen LogP contribution in [0.15, 0.2) is 24.3 Å². The van der Waals surface area contributed by atoms with Crippen LogP contribution in [0.1, 0.15) is 49.7 Å². The largest absolute Gasteiger partial charge is 0.352 e. The van der Waals surface area contributed by atoms with Gasteiger partial charge in [-0.2, -0.15) is 0 Å². The van der Waals surface area contributed by atoms with Crippen molar-refractivity contribution in [3.05, 3.63) is 35.4 Å². The van der Waals surface area contributed by atoms with Gasteiger partial charge in [0.1, 0.15) is 0 Å². The summed E-state index contributed by atoms with van der Waals surface area (Å²) in [4.78, 5) is 12.1. The second-order valence-corrected chi connectivity index (χ2v) is 5.62. The molecule has 3 heteroatoms. The maximum atomic E-state index is 12.1. The maximum Gasteiger partial charge on any atom is 0.223 e. The van der Waals surface area contributed by atoms with E-state index in [1.54, 1.807) is 0 Å². The predicted octanol–water partition coefficient (Wildman–Crippen LogP) is 4.01. The van der Waals surface area contributed by atoms with E-state index >= 15 is 0 Å². The van der Waals surface area contributed by atoms with Gasteiger partial charge < -0.3 is 5.32 Å². The average Bonchev–Trinajstić information content (AvgIpc) is 2.74. The first kappa shape index (κ1) is 14.4. The van der Waals surface area contributed by atoms with Crippen LogP contribution in [0.4, 0.5) is 0 Å². The van der Waals surface area contributed by atoms with Gasteiger partial charge in [0.15, 0.2) is 0 Å². The number of hydrogen-bond acceptors (Lipinski definition) is 1. The zero-order chi connectivity index (χ0) is 13.5. The predicted molar refractivity (Wildman–Crippen MR) is 79.0 cm³/mol. The van der Waals surface area contributed by atoms with Crippen molar-refractivity contribution in [3.63, 3.8) is 0 Å². The molecule has 1 aromatic carbocycles. The minimum Gasteiger partial charge on any atom is -0.352 e. The Bertz CT molecular complexity index is 394. The van der Waals surface area contributed by atoms with Gasteiger partial charge >= 0.3 is 0 Å². The Morgan fingerprint density at radius 1 is 1.05 bits per heavy atom. The molecule has 0 radical (unpaired) electrons. The summed E-state index contributed by atoms with van der Waals surface area (Å²) in [6.45, 7) is 0.623. The number of amides is 1. The molecule has 1 saturated carbocycles. The Morgan fingerprint density at radius 2 is 1.63 bits per heavy atom. The molecular weight excluding hydrogens is 258 g/mol. The Morgan fingerprint density at radius 3 is 2.21 bits per heavy atom. The van der Waals surface area contributed by atoms with E-state index in [9.17, 15) is 4.79 Å². The topological polar surface area (TPSA) is 29.1 Å². The van der Waals surface area contributed by atoms with Crippen molar-refractivity contribution in [2.24, 2.45) is 5.92 Å². The molecule has 0 unspecified atom stereocenters. The summed E-state index contributed by atoms with van der Waals surface area (Å²) in [5.41, 5.74) is 2.25. The van der Waals surface area contributed by atoms with Crippen LogP contribution in [0.3, 0.4) is 0 Å². The first-order valence-electron chi connectivity index (χ1n) is 7.21. The molecule has 1 aliphatic carbocycles. The zero-order valence-corrected chi connectivity index (χ0v) is 12.1. The van der Waals surface area contributed by atoms with Crippen molar-refractivity contribution in [1.29, 1.82) is 0 Å². The summed E-state index contributed by atoms with van der Waals surface area (Å²) in [6, 6.07) is 8.09. The molecule has 19 heavy (non-hydrogen) atoms. The lowest BCUT2D eigenvalue weighted by Crippen LogP contribution is -2.30. The van der Waals surface area contributed by atoms with Crippen LogP contribution >= 0.6 is 11.6 Å². The molecule has 2 rings (SSSR count). The van der Waals surface area contributed by atoms with Gasteiger partial charge in [0.05, 0.1) is 0 Å². The van der Waals surface area contributed by atoms with Gasteiger partial charge in [0, 0.05) is 18.3 Å². The zero-order valence-electron chi connectivity index (χ0n) is 11.3. The van der Waals surface area contributed by atoms with E-state index in [0.717, 1.165) is 24.0 Å². The molecule has 0 atom stereocenters. The second-order valence-electron chi connectivity index (χ2n) is 5.36. The number of carbonyl (C=O) groups excluding carboxylic acids is 1. The summed E-state index contributed by atoms with van der Waals surface area (Å²) in [7, 11) is 0. The van der Waals surface area contributed by atoms with Crippen molar-refractivity contribution in [2.75, 3.05) is 0 Å². The summed E-state index contributed by atoms with van der Waals surface area (Å²) >= 11 is 5.75.